The molecule has 0 aliphatic carbocycles. The standard InChI is InChI=1S/C23H19Cl2F4N5O2/c1-2-18(36)33-8-7-22(11-33,19-15(26)6-5-14(24)20(19)25)31-12-3-4-13-16(9-12)34(10-17(30)35)32-21(13)23(27,28)29/h2-6,9,31H,1,7-8,10-11H2,(H2,30,35)/t22-/m1/s1. The summed E-state index contributed by atoms with van der Waals surface area (Å²) in [5.41, 5.74) is 3.01. The van der Waals surface area contributed by atoms with E-state index in [2.05, 4.69) is 17.0 Å². The fourth-order valence-corrected chi connectivity index (χ4v) is 4.96. The van der Waals surface area contributed by atoms with Crippen molar-refractivity contribution in [3.05, 3.63) is 70.1 Å². The molecule has 1 fully saturated rings. The molecule has 190 valence electrons. The molecule has 1 aromatic heterocycles. The minimum Gasteiger partial charge on any atom is -0.373 e. The number of nitrogens with zero attached hydrogens (tertiary/aromatic N) is 3. The molecular weight excluding hydrogens is 525 g/mol. The van der Waals surface area contributed by atoms with Crippen molar-refractivity contribution >= 4 is 51.6 Å². The van der Waals surface area contributed by atoms with E-state index in [1.54, 1.807) is 0 Å². The van der Waals surface area contributed by atoms with Gasteiger partial charge in [-0.3, -0.25) is 14.3 Å². The van der Waals surface area contributed by atoms with Crippen LogP contribution in [-0.4, -0.2) is 39.6 Å². The van der Waals surface area contributed by atoms with Gasteiger partial charge in [-0.05, 0) is 42.8 Å². The maximum atomic E-state index is 15.1. The van der Waals surface area contributed by atoms with Gasteiger partial charge in [0.1, 0.15) is 12.4 Å². The second-order valence-electron chi connectivity index (χ2n) is 8.34. The summed E-state index contributed by atoms with van der Waals surface area (Å²) in [4.78, 5) is 25.2. The number of hydrogen-bond acceptors (Lipinski definition) is 4. The highest BCUT2D eigenvalue weighted by Gasteiger charge is 2.45. The molecule has 0 unspecified atom stereocenters. The first-order chi connectivity index (χ1) is 16.9. The highest BCUT2D eigenvalue weighted by molar-refractivity contribution is 6.42. The first-order valence-electron chi connectivity index (χ1n) is 10.6. The summed E-state index contributed by atoms with van der Waals surface area (Å²) in [6.45, 7) is 3.09. The maximum absolute atomic E-state index is 15.1. The van der Waals surface area contributed by atoms with Crippen molar-refractivity contribution in [1.29, 1.82) is 0 Å². The Morgan fingerprint density at radius 2 is 1.97 bits per heavy atom. The van der Waals surface area contributed by atoms with Crippen molar-refractivity contribution in [2.24, 2.45) is 5.73 Å². The van der Waals surface area contributed by atoms with Gasteiger partial charge >= 0.3 is 6.18 Å². The van der Waals surface area contributed by atoms with Crippen LogP contribution < -0.4 is 11.1 Å². The van der Waals surface area contributed by atoms with Crippen molar-refractivity contribution in [3.63, 3.8) is 0 Å². The van der Waals surface area contributed by atoms with Crippen molar-refractivity contribution in [2.45, 2.75) is 24.7 Å². The Balaban J connectivity index is 1.86. The normalized spacial score (nSPS) is 18.0. The fourth-order valence-electron chi connectivity index (χ4n) is 4.47. The van der Waals surface area contributed by atoms with Crippen LogP contribution in [0.3, 0.4) is 0 Å². The highest BCUT2D eigenvalue weighted by Crippen LogP contribution is 2.44. The van der Waals surface area contributed by atoms with Crippen molar-refractivity contribution in [2.75, 3.05) is 18.4 Å². The summed E-state index contributed by atoms with van der Waals surface area (Å²) < 4.78 is 56.6. The number of rotatable bonds is 6. The lowest BCUT2D eigenvalue weighted by Crippen LogP contribution is -2.41. The number of aromatic nitrogens is 2. The van der Waals surface area contributed by atoms with E-state index in [9.17, 15) is 22.8 Å². The number of anilines is 1. The van der Waals surface area contributed by atoms with E-state index in [1.807, 2.05) is 0 Å². The molecule has 1 saturated heterocycles. The fraction of sp³-hybridized carbons (Fsp3) is 0.261. The molecule has 7 nitrogen and oxygen atoms in total. The van der Waals surface area contributed by atoms with E-state index in [1.165, 1.54) is 29.2 Å². The summed E-state index contributed by atoms with van der Waals surface area (Å²) in [7, 11) is 0. The Labute approximate surface area is 212 Å². The first kappa shape index (κ1) is 25.8. The summed E-state index contributed by atoms with van der Waals surface area (Å²) in [6.07, 6.45) is -3.44. The van der Waals surface area contributed by atoms with Crippen LogP contribution in [0, 0.1) is 5.82 Å². The van der Waals surface area contributed by atoms with Crippen LogP contribution >= 0.6 is 23.2 Å². The second-order valence-corrected chi connectivity index (χ2v) is 9.13. The van der Waals surface area contributed by atoms with Crippen LogP contribution in [0.4, 0.5) is 23.2 Å². The van der Waals surface area contributed by atoms with E-state index >= 15 is 4.39 Å². The van der Waals surface area contributed by atoms with Crippen LogP contribution in [0.25, 0.3) is 10.9 Å². The average Bonchev–Trinajstić information content (AvgIpc) is 3.38. The zero-order chi connectivity index (χ0) is 26.4. The number of halogens is 6. The number of likely N-dealkylation sites (tertiary alicyclic amines) is 1. The van der Waals surface area contributed by atoms with Gasteiger partial charge in [-0.2, -0.15) is 18.3 Å². The third kappa shape index (κ3) is 4.60. The zero-order valence-electron chi connectivity index (χ0n) is 18.5. The van der Waals surface area contributed by atoms with Crippen LogP contribution in [0.2, 0.25) is 10.0 Å². The molecule has 1 atom stereocenters. The molecule has 0 spiro atoms. The molecule has 4 rings (SSSR count). The predicted octanol–water partition coefficient (Wildman–Crippen LogP) is 4.71. The minimum absolute atomic E-state index is 0.0118. The van der Waals surface area contributed by atoms with Crippen molar-refractivity contribution < 1.29 is 27.2 Å². The lowest BCUT2D eigenvalue weighted by atomic mass is 9.87. The molecule has 13 heteroatoms. The SMILES string of the molecule is C=CC(=O)N1CC[C@](Nc2ccc3c(C(F)(F)F)nn(CC(N)=O)c3c2)(c2c(F)ccc(Cl)c2Cl)C1. The molecule has 0 radical (unpaired) electrons. The topological polar surface area (TPSA) is 93.2 Å². The number of nitrogens with two attached hydrogens (primary N) is 1. The summed E-state index contributed by atoms with van der Waals surface area (Å²) in [6, 6.07) is 6.34. The monoisotopic (exact) mass is 543 g/mol. The molecule has 0 bridgehead atoms. The molecule has 0 saturated carbocycles. The quantitative estimate of drug-likeness (QED) is 0.267. The average molecular weight is 544 g/mol. The van der Waals surface area contributed by atoms with Crippen LogP contribution in [0.1, 0.15) is 17.7 Å². The predicted molar refractivity (Wildman–Crippen MR) is 127 cm³/mol. The van der Waals surface area contributed by atoms with Crippen molar-refractivity contribution in [3.8, 4) is 0 Å². The van der Waals surface area contributed by atoms with Gasteiger partial charge in [0.05, 0.1) is 21.1 Å². The Hall–Kier alpha value is -3.31. The molecule has 1 aliphatic heterocycles. The molecule has 2 amide bonds. The molecule has 1 aliphatic rings. The number of primary amides is 1. The maximum Gasteiger partial charge on any atom is 0.435 e. The summed E-state index contributed by atoms with van der Waals surface area (Å²) in [5.74, 6) is -1.95. The van der Waals surface area contributed by atoms with Gasteiger partial charge in [0.15, 0.2) is 5.69 Å². The van der Waals surface area contributed by atoms with Crippen molar-refractivity contribution in [1.82, 2.24) is 14.7 Å². The Morgan fingerprint density at radius 1 is 1.25 bits per heavy atom. The summed E-state index contributed by atoms with van der Waals surface area (Å²) in [5, 5.41) is 6.48. The Kier molecular flexibility index (Phi) is 6.65. The smallest absolute Gasteiger partial charge is 0.373 e. The van der Waals surface area contributed by atoms with Gasteiger partial charge < -0.3 is 16.0 Å². The van der Waals surface area contributed by atoms with Crippen LogP contribution in [0.15, 0.2) is 43.0 Å². The molecule has 36 heavy (non-hydrogen) atoms. The van der Waals surface area contributed by atoms with Gasteiger partial charge in [-0.1, -0.05) is 29.8 Å². The molecule has 3 aromatic rings. The van der Waals surface area contributed by atoms with Gasteiger partial charge in [-0.25, -0.2) is 4.39 Å². The number of amides is 2. The molecule has 3 N–H and O–H groups in total. The number of carbonyl (C=O) groups excluding carboxylic acids is 2. The second kappa shape index (κ2) is 9.29. The van der Waals surface area contributed by atoms with Crippen LogP contribution in [-0.2, 0) is 27.8 Å². The molecular formula is C23H19Cl2F4N5O2. The number of nitrogens with one attached hydrogen (secondary N) is 1. The van der Waals surface area contributed by atoms with E-state index in [4.69, 9.17) is 28.9 Å². The third-order valence-electron chi connectivity index (χ3n) is 5.99. The number of hydrogen-bond donors (Lipinski definition) is 2. The van der Waals surface area contributed by atoms with E-state index in [0.717, 1.165) is 16.8 Å². The number of carbonyl (C=O) groups is 2. The van der Waals surface area contributed by atoms with E-state index in [-0.39, 0.29) is 57.6 Å². The third-order valence-corrected chi connectivity index (χ3v) is 6.79. The lowest BCUT2D eigenvalue weighted by Gasteiger charge is -2.33. The Morgan fingerprint density at radius 3 is 2.61 bits per heavy atom. The van der Waals surface area contributed by atoms with Crippen LogP contribution in [0.5, 0.6) is 0 Å². The number of alkyl halides is 3. The summed E-state index contributed by atoms with van der Waals surface area (Å²) >= 11 is 12.6. The number of fused-ring (bicyclic) bond motifs is 1. The first-order valence-corrected chi connectivity index (χ1v) is 11.3. The van der Waals surface area contributed by atoms with Gasteiger partial charge in [0.25, 0.3) is 0 Å². The molecule has 2 heterocycles. The minimum atomic E-state index is -4.77. The van der Waals surface area contributed by atoms with E-state index in [0.29, 0.717) is 0 Å². The van der Waals surface area contributed by atoms with E-state index < -0.39 is 35.7 Å². The van der Waals surface area contributed by atoms with Gasteiger partial charge in [0.2, 0.25) is 11.8 Å². The lowest BCUT2D eigenvalue weighted by molar-refractivity contribution is -0.140. The Bertz CT molecular complexity index is 1390. The number of benzene rings is 2. The van der Waals surface area contributed by atoms with Gasteiger partial charge in [-0.15, -0.1) is 0 Å². The largest absolute Gasteiger partial charge is 0.435 e. The highest BCUT2D eigenvalue weighted by atomic mass is 35.5. The van der Waals surface area contributed by atoms with Gasteiger partial charge in [0, 0.05) is 29.7 Å². The zero-order valence-corrected chi connectivity index (χ0v) is 20.0. The molecule has 2 aromatic carbocycles.